The van der Waals surface area contributed by atoms with E-state index in [1.807, 2.05) is 6.92 Å². The number of hydrogen-bond acceptors (Lipinski definition) is 4. The third-order valence-electron chi connectivity index (χ3n) is 0.224. The first-order valence-electron chi connectivity index (χ1n) is 5.49. The molecule has 0 aliphatic carbocycles. The van der Waals surface area contributed by atoms with E-state index < -0.39 is 0 Å². The summed E-state index contributed by atoms with van der Waals surface area (Å²) in [5, 5.41) is 29.7. The topological polar surface area (TPSA) is 80.9 Å². The molecular weight excluding hydrogens is 424 g/mol. The van der Waals surface area contributed by atoms with Gasteiger partial charge in [-0.3, -0.25) is 0 Å². The molecule has 0 heterocycles. The molecule has 0 amide bonds. The van der Waals surface area contributed by atoms with Crippen LogP contribution >= 0.6 is 19.8 Å². The smallest absolute Gasteiger partial charge is 0.0820 e. The quantitative estimate of drug-likeness (QED) is 0.354. The van der Waals surface area contributed by atoms with Gasteiger partial charge in [-0.15, -0.1) is 0 Å². The van der Waals surface area contributed by atoms with Gasteiger partial charge < -0.3 is 20.4 Å². The predicted octanol–water partition coefficient (Wildman–Crippen LogP) is 2.07. The Balaban J connectivity index is -0.00000000747. The van der Waals surface area contributed by atoms with Crippen molar-refractivity contribution in [2.75, 3.05) is 20.8 Å². The van der Waals surface area contributed by atoms with E-state index in [0.717, 1.165) is 20.6 Å². The molecule has 0 spiro atoms. The van der Waals surface area contributed by atoms with Gasteiger partial charge in [-0.1, -0.05) is 28.3 Å². The van der Waals surface area contributed by atoms with Crippen LogP contribution in [0.25, 0.3) is 0 Å². The SMILES string of the molecule is C=C(C)O.CCCO.CO.CO.P.P.[3H]C.[3H]C.[Y].[Y]. The van der Waals surface area contributed by atoms with Gasteiger partial charge in [0.15, 0.2) is 0 Å². The molecule has 8 heteroatoms. The standard InChI is InChI=1S/C3H6O.C3H8O.2CH4O.2CH4.2H3P.2Y/c1-3(2)4;1-2-3-4;2*1-2;;;;;;/h4H,1H2,2H3;4H,2-3H2,1H3;2*2H,1H3;2*1H4;2*1H3;;/i;;;;2*1T;;;;. The summed E-state index contributed by atoms with van der Waals surface area (Å²) in [6, 6.07) is 0. The molecule has 0 aromatic carbocycles. The fraction of sp³-hybridized carbons (Fsp3) is 0.800. The summed E-state index contributed by atoms with van der Waals surface area (Å²) >= 11 is 0. The Morgan fingerprint density at radius 3 is 1.11 bits per heavy atom. The van der Waals surface area contributed by atoms with Gasteiger partial charge in [0.05, 0.1) is 5.76 Å². The van der Waals surface area contributed by atoms with Gasteiger partial charge in [0.1, 0.15) is 0 Å². The summed E-state index contributed by atoms with van der Waals surface area (Å²) in [6.07, 6.45) is 0.875. The zero-order chi connectivity index (χ0) is 15.0. The second kappa shape index (κ2) is 119. The van der Waals surface area contributed by atoms with Crippen LogP contribution in [0.4, 0.5) is 0 Å². The summed E-state index contributed by atoms with van der Waals surface area (Å²) in [7, 11) is 4.50. The fourth-order valence-corrected chi connectivity index (χ4v) is 0. The van der Waals surface area contributed by atoms with E-state index in [0.29, 0.717) is 6.61 Å². The summed E-state index contributed by atoms with van der Waals surface area (Å²) in [5.41, 5.74) is 0. The second-order valence-corrected chi connectivity index (χ2v) is 1.46. The predicted molar refractivity (Wildman–Crippen MR) is 86.8 cm³/mol. The Morgan fingerprint density at radius 1 is 1.06 bits per heavy atom. The summed E-state index contributed by atoms with van der Waals surface area (Å²) in [4.78, 5) is 0. The molecule has 0 saturated heterocycles. The molecule has 0 aromatic heterocycles. The molecular formula is C10H36O4P2Y2. The van der Waals surface area contributed by atoms with Crippen molar-refractivity contribution >= 4 is 19.8 Å². The van der Waals surface area contributed by atoms with Crippen molar-refractivity contribution in [3.8, 4) is 0 Å². The Kier molecular flexibility index (Phi) is 329. The second-order valence-electron chi connectivity index (χ2n) is 1.46. The zero-order valence-electron chi connectivity index (χ0n) is 15.0. The van der Waals surface area contributed by atoms with E-state index in [1.54, 1.807) is 0 Å². The van der Waals surface area contributed by atoms with E-state index in [2.05, 4.69) is 6.58 Å². The van der Waals surface area contributed by atoms with Crippen molar-refractivity contribution in [1.29, 1.82) is 0 Å². The van der Waals surface area contributed by atoms with Crippen molar-refractivity contribution in [3.05, 3.63) is 12.3 Å². The van der Waals surface area contributed by atoms with E-state index >= 15 is 0 Å². The van der Waals surface area contributed by atoms with Crippen LogP contribution in [0.3, 0.4) is 0 Å². The average molecular weight is 464 g/mol. The molecule has 0 saturated carbocycles. The van der Waals surface area contributed by atoms with Gasteiger partial charge in [-0.05, 0) is 13.3 Å². The summed E-state index contributed by atoms with van der Waals surface area (Å²) < 4.78 is 11.5. The van der Waals surface area contributed by atoms with Crippen LogP contribution in [0.15, 0.2) is 12.3 Å². The van der Waals surface area contributed by atoms with Crippen LogP contribution in [0.5, 0.6) is 0 Å². The number of rotatable bonds is 1. The molecule has 0 bridgehead atoms. The number of allylic oxidation sites excluding steroid dienone is 1. The van der Waals surface area contributed by atoms with E-state index in [1.165, 1.54) is 21.7 Å². The molecule has 2 unspecified atom stereocenters. The van der Waals surface area contributed by atoms with E-state index in [4.69, 9.17) is 23.2 Å². The Morgan fingerprint density at radius 2 is 1.11 bits per heavy atom. The molecule has 116 valence electrons. The molecule has 0 fully saturated rings. The van der Waals surface area contributed by atoms with Crippen molar-refractivity contribution in [2.45, 2.75) is 35.1 Å². The normalized spacial score (nSPS) is 4.50. The van der Waals surface area contributed by atoms with Crippen LogP contribution in [-0.4, -0.2) is 41.3 Å². The maximum absolute atomic E-state index is 7.88. The molecule has 0 rings (SSSR count). The van der Waals surface area contributed by atoms with Gasteiger partial charge in [0.25, 0.3) is 0 Å². The molecule has 2 radical (unpaired) electrons. The minimum atomic E-state index is 0. The Hall–Kier alpha value is 2.49. The summed E-state index contributed by atoms with van der Waals surface area (Å²) in [5.74, 6) is 0.167. The number of hydrogen-bond donors (Lipinski definition) is 4. The van der Waals surface area contributed by atoms with Crippen LogP contribution < -0.4 is 0 Å². The van der Waals surface area contributed by atoms with Gasteiger partial charge >= 0.3 is 0 Å². The molecule has 4 N–H and O–H groups in total. The maximum atomic E-state index is 7.88. The van der Waals surface area contributed by atoms with Crippen LogP contribution in [0.1, 0.15) is 37.8 Å². The zero-order valence-corrected chi connectivity index (χ0v) is 21.5. The minimum absolute atomic E-state index is 0. The molecule has 18 heavy (non-hydrogen) atoms. The molecule has 0 aliphatic heterocycles. The van der Waals surface area contributed by atoms with Gasteiger partial charge in [-0.2, -0.15) is 19.8 Å². The number of aliphatic hydroxyl groups is 4. The molecule has 4 nitrogen and oxygen atoms in total. The largest absolute Gasteiger partial charge is 0.513 e. The van der Waals surface area contributed by atoms with Crippen LogP contribution in [0, 0.1) is 0 Å². The van der Waals surface area contributed by atoms with Crippen molar-refractivity contribution < 1.29 is 88.6 Å². The maximum Gasteiger partial charge on any atom is 0.0820 e. The van der Waals surface area contributed by atoms with Crippen molar-refractivity contribution in [2.24, 2.45) is 0 Å². The first kappa shape index (κ1) is 49.9. The van der Waals surface area contributed by atoms with Crippen molar-refractivity contribution in [1.82, 2.24) is 0 Å². The molecule has 2 atom stereocenters. The monoisotopic (exact) mass is 464 g/mol. The third-order valence-corrected chi connectivity index (χ3v) is 0.224. The average Bonchev–Trinajstić information content (AvgIpc) is 2.38. The van der Waals surface area contributed by atoms with E-state index in [9.17, 15) is 0 Å². The van der Waals surface area contributed by atoms with Crippen molar-refractivity contribution in [3.63, 3.8) is 0 Å². The minimum Gasteiger partial charge on any atom is -0.513 e. The van der Waals surface area contributed by atoms with E-state index in [-0.39, 0.29) is 91.0 Å². The fourth-order valence-electron chi connectivity index (χ4n) is 0. The van der Waals surface area contributed by atoms with Gasteiger partial charge in [0.2, 0.25) is 0 Å². The van der Waals surface area contributed by atoms with Crippen LogP contribution in [-0.2, 0) is 65.4 Å². The van der Waals surface area contributed by atoms with Gasteiger partial charge in [-0.25, -0.2) is 0 Å². The number of aliphatic hydroxyl groups excluding tert-OH is 4. The first-order chi connectivity index (χ1) is 7.65. The third kappa shape index (κ3) is 465. The molecule has 0 aliphatic rings. The Labute approximate surface area is 175 Å². The Bertz CT molecular complexity index is 77.2. The molecule has 0 aromatic rings. The first-order valence-corrected chi connectivity index (χ1v) is 3.49. The van der Waals surface area contributed by atoms with Crippen LogP contribution in [0.2, 0.25) is 0 Å². The van der Waals surface area contributed by atoms with Gasteiger partial charge in [0, 0.05) is 89.0 Å². The summed E-state index contributed by atoms with van der Waals surface area (Å²) in [6.45, 7) is 6.89.